The molecule has 0 bridgehead atoms. The van der Waals surface area contributed by atoms with Crippen LogP contribution in [0.5, 0.6) is 0 Å². The summed E-state index contributed by atoms with van der Waals surface area (Å²) in [5.74, 6) is 0.856. The lowest BCUT2D eigenvalue weighted by Gasteiger charge is -2.26. The summed E-state index contributed by atoms with van der Waals surface area (Å²) >= 11 is 0. The Morgan fingerprint density at radius 2 is 1.91 bits per heavy atom. The van der Waals surface area contributed by atoms with Gasteiger partial charge in [0, 0.05) is 6.20 Å². The molecule has 1 heterocycles. The molecule has 0 amide bonds. The highest BCUT2D eigenvalue weighted by Crippen LogP contribution is 2.38. The van der Waals surface area contributed by atoms with E-state index in [2.05, 4.69) is 16.4 Å². The molecule has 1 aliphatic rings. The second-order valence-electron chi connectivity index (χ2n) is 5.73. The van der Waals surface area contributed by atoms with Crippen molar-refractivity contribution in [3.63, 3.8) is 0 Å². The zero-order valence-corrected chi connectivity index (χ0v) is 12.3. The van der Waals surface area contributed by atoms with Crippen LogP contribution in [0.15, 0.2) is 42.6 Å². The molecule has 4 heteroatoms. The lowest BCUT2D eigenvalue weighted by Crippen LogP contribution is -2.20. The maximum absolute atomic E-state index is 13.2. The van der Waals surface area contributed by atoms with E-state index < -0.39 is 0 Å². The number of halogens is 1. The number of hydrogen-bond donors (Lipinski definition) is 1. The van der Waals surface area contributed by atoms with Crippen LogP contribution in [0.25, 0.3) is 0 Å². The molecule has 0 saturated heterocycles. The van der Waals surface area contributed by atoms with E-state index in [9.17, 15) is 9.65 Å². The smallest absolute Gasteiger partial charge is 0.144 e. The van der Waals surface area contributed by atoms with Crippen LogP contribution in [0.1, 0.15) is 42.9 Å². The predicted molar refractivity (Wildman–Crippen MR) is 83.7 cm³/mol. The highest BCUT2D eigenvalue weighted by Gasteiger charge is 2.27. The van der Waals surface area contributed by atoms with E-state index in [1.807, 2.05) is 12.1 Å². The van der Waals surface area contributed by atoms with E-state index in [-0.39, 0.29) is 11.9 Å². The summed E-state index contributed by atoms with van der Waals surface area (Å²) in [5, 5.41) is 12.6. The van der Waals surface area contributed by atoms with E-state index in [1.165, 1.54) is 25.0 Å². The number of anilines is 1. The van der Waals surface area contributed by atoms with Crippen LogP contribution in [-0.2, 0) is 0 Å². The van der Waals surface area contributed by atoms with Gasteiger partial charge in [0.2, 0.25) is 0 Å². The maximum Gasteiger partial charge on any atom is 0.144 e. The van der Waals surface area contributed by atoms with E-state index >= 15 is 0 Å². The molecule has 3 rings (SSSR count). The summed E-state index contributed by atoms with van der Waals surface area (Å²) in [6, 6.07) is 12.4. The zero-order chi connectivity index (χ0) is 15.4. The van der Waals surface area contributed by atoms with Crippen LogP contribution in [-0.4, -0.2) is 4.98 Å². The number of nitriles is 1. The van der Waals surface area contributed by atoms with E-state index in [4.69, 9.17) is 0 Å². The van der Waals surface area contributed by atoms with Crippen LogP contribution < -0.4 is 5.32 Å². The number of aromatic nitrogens is 1. The van der Waals surface area contributed by atoms with Crippen molar-refractivity contribution >= 4 is 5.82 Å². The third-order valence-electron chi connectivity index (χ3n) is 4.32. The minimum atomic E-state index is -0.232. The van der Waals surface area contributed by atoms with Crippen molar-refractivity contribution in [1.29, 1.82) is 5.26 Å². The molecule has 22 heavy (non-hydrogen) atoms. The van der Waals surface area contributed by atoms with Gasteiger partial charge in [-0.3, -0.25) is 0 Å². The van der Waals surface area contributed by atoms with Crippen LogP contribution in [0.3, 0.4) is 0 Å². The number of benzene rings is 1. The lowest BCUT2D eigenvalue weighted by molar-refractivity contribution is 0.468. The molecule has 0 spiro atoms. The van der Waals surface area contributed by atoms with Gasteiger partial charge in [-0.05, 0) is 48.6 Å². The van der Waals surface area contributed by atoms with Crippen molar-refractivity contribution in [2.24, 2.45) is 5.92 Å². The summed E-state index contributed by atoms with van der Waals surface area (Å²) in [4.78, 5) is 4.30. The normalized spacial score (nSPS) is 16.2. The average Bonchev–Trinajstić information content (AvgIpc) is 3.08. The first-order valence-electron chi connectivity index (χ1n) is 7.65. The Morgan fingerprint density at radius 1 is 1.18 bits per heavy atom. The van der Waals surface area contributed by atoms with Crippen LogP contribution in [0.4, 0.5) is 10.2 Å². The van der Waals surface area contributed by atoms with Crippen LogP contribution >= 0.6 is 0 Å². The molecule has 1 aliphatic carbocycles. The minimum Gasteiger partial charge on any atom is -0.362 e. The fourth-order valence-corrected chi connectivity index (χ4v) is 3.19. The van der Waals surface area contributed by atoms with Crippen molar-refractivity contribution in [3.8, 4) is 6.07 Å². The van der Waals surface area contributed by atoms with Gasteiger partial charge in [-0.2, -0.15) is 5.26 Å². The van der Waals surface area contributed by atoms with Gasteiger partial charge in [0.15, 0.2) is 0 Å². The quantitative estimate of drug-likeness (QED) is 0.907. The number of rotatable bonds is 4. The fourth-order valence-electron chi connectivity index (χ4n) is 3.19. The highest BCUT2D eigenvalue weighted by atomic mass is 19.1. The van der Waals surface area contributed by atoms with Gasteiger partial charge in [-0.15, -0.1) is 0 Å². The predicted octanol–water partition coefficient (Wildman–Crippen LogP) is 4.44. The number of nitrogens with zero attached hydrogens (tertiary/aromatic N) is 2. The number of hydrogen-bond acceptors (Lipinski definition) is 3. The molecule has 0 aliphatic heterocycles. The first kappa shape index (κ1) is 14.5. The molecule has 2 aromatic rings. The van der Waals surface area contributed by atoms with E-state index in [0.29, 0.717) is 17.3 Å². The zero-order valence-electron chi connectivity index (χ0n) is 12.3. The molecule has 1 atom stereocenters. The summed E-state index contributed by atoms with van der Waals surface area (Å²) in [7, 11) is 0. The summed E-state index contributed by atoms with van der Waals surface area (Å²) in [6.45, 7) is 0. The second-order valence-corrected chi connectivity index (χ2v) is 5.73. The van der Waals surface area contributed by atoms with Gasteiger partial charge in [-0.1, -0.05) is 25.0 Å². The Kier molecular flexibility index (Phi) is 4.34. The fraction of sp³-hybridized carbons (Fsp3) is 0.333. The molecule has 0 radical (unpaired) electrons. The molecule has 1 unspecified atom stereocenters. The van der Waals surface area contributed by atoms with Crippen molar-refractivity contribution in [1.82, 2.24) is 4.98 Å². The lowest BCUT2D eigenvalue weighted by atomic mass is 9.91. The van der Waals surface area contributed by atoms with Gasteiger partial charge in [0.25, 0.3) is 0 Å². The summed E-state index contributed by atoms with van der Waals surface area (Å²) < 4.78 is 13.2. The number of nitrogens with one attached hydrogen (secondary N) is 1. The van der Waals surface area contributed by atoms with Gasteiger partial charge in [0.05, 0.1) is 11.6 Å². The largest absolute Gasteiger partial charge is 0.362 e. The van der Waals surface area contributed by atoms with Crippen molar-refractivity contribution in [3.05, 3.63) is 59.5 Å². The average molecular weight is 295 g/mol. The van der Waals surface area contributed by atoms with Crippen molar-refractivity contribution in [2.75, 3.05) is 5.32 Å². The molecule has 1 aromatic carbocycles. The first-order chi connectivity index (χ1) is 10.8. The van der Waals surface area contributed by atoms with Crippen LogP contribution in [0.2, 0.25) is 0 Å². The summed E-state index contributed by atoms with van der Waals surface area (Å²) in [5.41, 5.74) is 1.58. The molecule has 112 valence electrons. The molecular weight excluding hydrogens is 277 g/mol. The van der Waals surface area contributed by atoms with Gasteiger partial charge < -0.3 is 5.32 Å². The minimum absolute atomic E-state index is 0.0603. The van der Waals surface area contributed by atoms with Gasteiger partial charge >= 0.3 is 0 Å². The third-order valence-corrected chi connectivity index (χ3v) is 4.32. The second kappa shape index (κ2) is 6.57. The third kappa shape index (κ3) is 3.09. The van der Waals surface area contributed by atoms with Gasteiger partial charge in [0.1, 0.15) is 17.7 Å². The monoisotopic (exact) mass is 295 g/mol. The first-order valence-corrected chi connectivity index (χ1v) is 7.65. The molecule has 1 fully saturated rings. The highest BCUT2D eigenvalue weighted by molar-refractivity contribution is 5.52. The molecule has 1 saturated carbocycles. The Morgan fingerprint density at radius 3 is 2.59 bits per heavy atom. The standard InChI is InChI=1S/C18H18FN3/c19-16-9-7-14(8-10-16)17(13-4-1-2-5-13)22-18-15(12-20)6-3-11-21-18/h3,6-11,13,17H,1-2,4-5H2,(H,21,22). The molecule has 1 N–H and O–H groups in total. The number of pyridine rings is 1. The van der Waals surface area contributed by atoms with E-state index in [0.717, 1.165) is 18.4 Å². The Hall–Kier alpha value is -2.41. The molecule has 1 aromatic heterocycles. The maximum atomic E-state index is 13.2. The van der Waals surface area contributed by atoms with E-state index in [1.54, 1.807) is 18.3 Å². The topological polar surface area (TPSA) is 48.7 Å². The summed E-state index contributed by atoms with van der Waals surface area (Å²) in [6.07, 6.45) is 6.40. The Labute approximate surface area is 129 Å². The molecular formula is C18H18FN3. The van der Waals surface area contributed by atoms with Gasteiger partial charge in [-0.25, -0.2) is 9.37 Å². The Bertz CT molecular complexity index is 669. The van der Waals surface area contributed by atoms with Crippen molar-refractivity contribution < 1.29 is 4.39 Å². The SMILES string of the molecule is N#Cc1cccnc1NC(c1ccc(F)cc1)C1CCCC1. The van der Waals surface area contributed by atoms with Crippen molar-refractivity contribution in [2.45, 2.75) is 31.7 Å². The van der Waals surface area contributed by atoms with Crippen LogP contribution in [0, 0.1) is 23.1 Å². The molecule has 3 nitrogen and oxygen atoms in total. The Balaban J connectivity index is 1.91.